The van der Waals surface area contributed by atoms with Gasteiger partial charge in [0.15, 0.2) is 0 Å². The van der Waals surface area contributed by atoms with E-state index in [0.29, 0.717) is 5.92 Å². The molecule has 5 heteroatoms. The van der Waals surface area contributed by atoms with Crippen LogP contribution in [0.15, 0.2) is 30.3 Å². The molecule has 21 heavy (non-hydrogen) atoms. The van der Waals surface area contributed by atoms with E-state index in [9.17, 15) is 4.79 Å². The minimum absolute atomic E-state index is 0.0381. The lowest BCUT2D eigenvalue weighted by Gasteiger charge is -2.10. The van der Waals surface area contributed by atoms with Crippen LogP contribution in [-0.4, -0.2) is 42.5 Å². The summed E-state index contributed by atoms with van der Waals surface area (Å²) in [5, 5.41) is 3.84. The maximum Gasteiger partial charge on any atom is 0.244 e. The van der Waals surface area contributed by atoms with Gasteiger partial charge in [-0.3, -0.25) is 4.79 Å². The summed E-state index contributed by atoms with van der Waals surface area (Å²) < 4.78 is 1.14. The van der Waals surface area contributed by atoms with Gasteiger partial charge >= 0.3 is 0 Å². The van der Waals surface area contributed by atoms with E-state index in [-0.39, 0.29) is 5.91 Å². The van der Waals surface area contributed by atoms with E-state index >= 15 is 0 Å². The van der Waals surface area contributed by atoms with Crippen molar-refractivity contribution in [3.63, 3.8) is 0 Å². The minimum atomic E-state index is -0.0381. The maximum atomic E-state index is 11.8. The van der Waals surface area contributed by atoms with Gasteiger partial charge in [0.2, 0.25) is 5.91 Å². The largest absolute Gasteiger partial charge is 0.352 e. The van der Waals surface area contributed by atoms with Gasteiger partial charge < -0.3 is 10.2 Å². The predicted molar refractivity (Wildman–Crippen MR) is 87.3 cm³/mol. The van der Waals surface area contributed by atoms with Crippen molar-refractivity contribution in [3.8, 4) is 0 Å². The van der Waals surface area contributed by atoms with E-state index in [1.807, 2.05) is 24.3 Å². The van der Waals surface area contributed by atoms with Gasteiger partial charge in [0, 0.05) is 19.2 Å². The molecular formula is C16H19N3OS. The molecule has 110 valence electrons. The van der Waals surface area contributed by atoms with Gasteiger partial charge in [-0.25, -0.2) is 4.98 Å². The summed E-state index contributed by atoms with van der Waals surface area (Å²) in [6.45, 7) is 2.96. The molecule has 2 aromatic rings. The lowest BCUT2D eigenvalue weighted by Crippen LogP contribution is -2.29. The van der Waals surface area contributed by atoms with E-state index in [2.05, 4.69) is 22.2 Å². The second kappa shape index (κ2) is 6.37. The molecule has 1 atom stereocenters. The van der Waals surface area contributed by atoms with Gasteiger partial charge in [-0.15, -0.1) is 11.3 Å². The molecule has 1 saturated heterocycles. The van der Waals surface area contributed by atoms with Crippen LogP contribution in [0.1, 0.15) is 11.4 Å². The van der Waals surface area contributed by atoms with Crippen molar-refractivity contribution in [2.45, 2.75) is 6.42 Å². The Kier molecular flexibility index (Phi) is 4.31. The summed E-state index contributed by atoms with van der Waals surface area (Å²) >= 11 is 1.60. The number of rotatable bonds is 4. The Morgan fingerprint density at radius 1 is 1.52 bits per heavy atom. The quantitative estimate of drug-likeness (QED) is 0.882. The molecule has 0 saturated carbocycles. The number of hydrogen-bond donors (Lipinski definition) is 1. The molecule has 1 aliphatic rings. The molecule has 1 aromatic heterocycles. The number of thiazole rings is 1. The number of carbonyl (C=O) groups is 1. The first-order valence-corrected chi connectivity index (χ1v) is 8.02. The van der Waals surface area contributed by atoms with Crippen LogP contribution in [0.5, 0.6) is 0 Å². The lowest BCUT2D eigenvalue weighted by atomic mass is 10.1. The summed E-state index contributed by atoms with van der Waals surface area (Å²) in [5.74, 6) is 0.540. The second-order valence-corrected chi connectivity index (χ2v) is 6.58. The maximum absolute atomic E-state index is 11.8. The zero-order valence-corrected chi connectivity index (χ0v) is 12.9. The zero-order chi connectivity index (χ0) is 14.7. The van der Waals surface area contributed by atoms with E-state index in [0.717, 1.165) is 34.9 Å². The van der Waals surface area contributed by atoms with Crippen molar-refractivity contribution in [2.24, 2.45) is 5.92 Å². The molecule has 1 amide bonds. The number of nitrogens with zero attached hydrogens (tertiary/aromatic N) is 2. The molecule has 0 radical (unpaired) electrons. The Labute approximate surface area is 128 Å². The van der Waals surface area contributed by atoms with Gasteiger partial charge in [0.1, 0.15) is 5.01 Å². The summed E-state index contributed by atoms with van der Waals surface area (Å²) in [5.41, 5.74) is 0.983. The Morgan fingerprint density at radius 3 is 3.14 bits per heavy atom. The standard InChI is InChI=1S/C16H19N3OS/c1-19-9-8-12(11-19)10-17-15(20)6-7-16-18-13-4-2-3-5-14(13)21-16/h2-7,12H,8-11H2,1H3,(H,17,20). The molecule has 1 aromatic carbocycles. The third kappa shape index (κ3) is 3.68. The highest BCUT2D eigenvalue weighted by Gasteiger charge is 2.19. The average molecular weight is 301 g/mol. The van der Waals surface area contributed by atoms with Crippen LogP contribution in [0.2, 0.25) is 0 Å². The van der Waals surface area contributed by atoms with Crippen LogP contribution in [-0.2, 0) is 4.79 Å². The fraction of sp³-hybridized carbons (Fsp3) is 0.375. The number of likely N-dealkylation sites (tertiary alicyclic amines) is 1. The molecule has 0 spiro atoms. The summed E-state index contributed by atoms with van der Waals surface area (Å²) in [6.07, 6.45) is 4.54. The van der Waals surface area contributed by atoms with Crippen molar-refractivity contribution in [2.75, 3.05) is 26.7 Å². The number of fused-ring (bicyclic) bond motifs is 1. The number of nitrogens with one attached hydrogen (secondary N) is 1. The molecule has 1 unspecified atom stereocenters. The number of aromatic nitrogens is 1. The summed E-state index contributed by atoms with van der Waals surface area (Å²) in [6, 6.07) is 8.00. The highest BCUT2D eigenvalue weighted by molar-refractivity contribution is 7.19. The molecule has 1 fully saturated rings. The summed E-state index contributed by atoms with van der Waals surface area (Å²) in [4.78, 5) is 18.6. The molecule has 4 nitrogen and oxygen atoms in total. The van der Waals surface area contributed by atoms with Crippen LogP contribution < -0.4 is 5.32 Å². The van der Waals surface area contributed by atoms with Crippen LogP contribution in [0.3, 0.4) is 0 Å². The third-order valence-corrected chi connectivity index (χ3v) is 4.74. The molecular weight excluding hydrogens is 282 g/mol. The number of para-hydroxylation sites is 1. The lowest BCUT2D eigenvalue weighted by molar-refractivity contribution is -0.116. The van der Waals surface area contributed by atoms with Crippen molar-refractivity contribution in [3.05, 3.63) is 35.3 Å². The van der Waals surface area contributed by atoms with Crippen LogP contribution in [0.25, 0.3) is 16.3 Å². The Morgan fingerprint density at radius 2 is 2.38 bits per heavy atom. The first-order valence-electron chi connectivity index (χ1n) is 7.21. The van der Waals surface area contributed by atoms with Gasteiger partial charge in [0.05, 0.1) is 10.2 Å². The second-order valence-electron chi connectivity index (χ2n) is 5.52. The van der Waals surface area contributed by atoms with Crippen LogP contribution in [0, 0.1) is 5.92 Å². The van der Waals surface area contributed by atoms with E-state index in [1.54, 1.807) is 23.5 Å². The summed E-state index contributed by atoms with van der Waals surface area (Å²) in [7, 11) is 2.12. The van der Waals surface area contributed by atoms with E-state index in [4.69, 9.17) is 0 Å². The number of hydrogen-bond acceptors (Lipinski definition) is 4. The SMILES string of the molecule is CN1CCC(CNC(=O)C=Cc2nc3ccccc3s2)C1. The highest BCUT2D eigenvalue weighted by Crippen LogP contribution is 2.22. The fourth-order valence-electron chi connectivity index (χ4n) is 2.61. The van der Waals surface area contributed by atoms with E-state index < -0.39 is 0 Å². The average Bonchev–Trinajstić information content (AvgIpc) is 3.08. The van der Waals surface area contributed by atoms with Gasteiger partial charge in [-0.05, 0) is 44.1 Å². The minimum Gasteiger partial charge on any atom is -0.352 e. The molecule has 2 heterocycles. The molecule has 1 aliphatic heterocycles. The Bertz CT molecular complexity index is 631. The smallest absolute Gasteiger partial charge is 0.244 e. The van der Waals surface area contributed by atoms with Crippen molar-refractivity contribution in [1.29, 1.82) is 0 Å². The van der Waals surface area contributed by atoms with Crippen LogP contribution in [0.4, 0.5) is 0 Å². The Hall–Kier alpha value is -1.72. The molecule has 3 rings (SSSR count). The number of carbonyl (C=O) groups excluding carboxylic acids is 1. The van der Waals surface area contributed by atoms with Crippen LogP contribution >= 0.6 is 11.3 Å². The molecule has 1 N–H and O–H groups in total. The highest BCUT2D eigenvalue weighted by atomic mass is 32.1. The zero-order valence-electron chi connectivity index (χ0n) is 12.1. The fourth-order valence-corrected chi connectivity index (χ4v) is 3.48. The number of amides is 1. The van der Waals surface area contributed by atoms with Gasteiger partial charge in [0.25, 0.3) is 0 Å². The van der Waals surface area contributed by atoms with Gasteiger partial charge in [-0.2, -0.15) is 0 Å². The van der Waals surface area contributed by atoms with Gasteiger partial charge in [-0.1, -0.05) is 12.1 Å². The van der Waals surface area contributed by atoms with Crippen molar-refractivity contribution in [1.82, 2.24) is 15.2 Å². The normalized spacial score (nSPS) is 19.6. The third-order valence-electron chi connectivity index (χ3n) is 3.74. The van der Waals surface area contributed by atoms with E-state index in [1.165, 1.54) is 6.42 Å². The van der Waals surface area contributed by atoms with Crippen molar-refractivity contribution < 1.29 is 4.79 Å². The predicted octanol–water partition coefficient (Wildman–Crippen LogP) is 2.38. The molecule has 0 bridgehead atoms. The molecule has 0 aliphatic carbocycles. The first kappa shape index (κ1) is 14.2. The number of benzene rings is 1. The first-order chi connectivity index (χ1) is 10.2. The monoisotopic (exact) mass is 301 g/mol. The topological polar surface area (TPSA) is 45.2 Å². The Balaban J connectivity index is 1.54. The van der Waals surface area contributed by atoms with Crippen molar-refractivity contribution >= 4 is 33.5 Å².